The summed E-state index contributed by atoms with van der Waals surface area (Å²) in [5.41, 5.74) is -0.682. The van der Waals surface area contributed by atoms with Crippen molar-refractivity contribution in [1.29, 1.82) is 0 Å². The van der Waals surface area contributed by atoms with Crippen LogP contribution < -0.4 is 15.6 Å². The first-order chi connectivity index (χ1) is 16.8. The average molecular weight is 516 g/mol. The van der Waals surface area contributed by atoms with Crippen LogP contribution in [0.2, 0.25) is 5.02 Å². The number of ether oxygens (including phenoxy) is 2. The lowest BCUT2D eigenvalue weighted by atomic mass is 10.2. The summed E-state index contributed by atoms with van der Waals surface area (Å²) in [7, 11) is 0. The van der Waals surface area contributed by atoms with Crippen molar-refractivity contribution in [2.24, 2.45) is 0 Å². The molecular formula is C24H19ClFN3O5S. The molecule has 35 heavy (non-hydrogen) atoms. The highest BCUT2D eigenvalue weighted by atomic mass is 35.5. The van der Waals surface area contributed by atoms with Gasteiger partial charge in [0, 0.05) is 10.8 Å². The van der Waals surface area contributed by atoms with Crippen LogP contribution in [-0.2, 0) is 4.74 Å². The zero-order valence-electron chi connectivity index (χ0n) is 18.6. The molecule has 0 fully saturated rings. The van der Waals surface area contributed by atoms with Crippen LogP contribution in [0.4, 0.5) is 9.39 Å². The van der Waals surface area contributed by atoms with E-state index >= 15 is 0 Å². The number of benzene rings is 2. The highest BCUT2D eigenvalue weighted by Gasteiger charge is 2.24. The van der Waals surface area contributed by atoms with Gasteiger partial charge in [-0.3, -0.25) is 9.59 Å². The largest absolute Gasteiger partial charge is 0.494 e. The van der Waals surface area contributed by atoms with Gasteiger partial charge in [-0.1, -0.05) is 17.7 Å². The third kappa shape index (κ3) is 4.75. The predicted octanol–water partition coefficient (Wildman–Crippen LogP) is 5.07. The summed E-state index contributed by atoms with van der Waals surface area (Å²) < 4.78 is 25.9. The Balaban J connectivity index is 1.87. The number of fused-ring (bicyclic) bond motifs is 1. The number of carbonyl (C=O) groups excluding carboxylic acids is 2. The summed E-state index contributed by atoms with van der Waals surface area (Å²) in [5.74, 6) is -1.78. The number of nitrogens with zero attached hydrogens (tertiary/aromatic N) is 2. The molecule has 0 atom stereocenters. The van der Waals surface area contributed by atoms with Gasteiger partial charge in [0.15, 0.2) is 5.69 Å². The van der Waals surface area contributed by atoms with E-state index in [9.17, 15) is 18.8 Å². The maximum atomic E-state index is 14.3. The zero-order valence-corrected chi connectivity index (χ0v) is 20.2. The molecule has 2 aromatic heterocycles. The van der Waals surface area contributed by atoms with Gasteiger partial charge in [0.25, 0.3) is 11.5 Å². The second-order valence-corrected chi connectivity index (χ2v) is 8.40. The van der Waals surface area contributed by atoms with Gasteiger partial charge >= 0.3 is 5.97 Å². The molecule has 8 nitrogen and oxygen atoms in total. The molecule has 4 rings (SSSR count). The topological polar surface area (TPSA) is 99.5 Å². The number of carbonyl (C=O) groups is 2. The zero-order chi connectivity index (χ0) is 25.1. The molecule has 1 amide bonds. The third-order valence-electron chi connectivity index (χ3n) is 4.93. The molecule has 0 aliphatic heterocycles. The molecule has 0 unspecified atom stereocenters. The van der Waals surface area contributed by atoms with E-state index in [1.807, 2.05) is 6.92 Å². The van der Waals surface area contributed by atoms with Gasteiger partial charge < -0.3 is 14.8 Å². The number of nitrogens with one attached hydrogen (secondary N) is 1. The Labute approximate surface area is 207 Å². The predicted molar refractivity (Wildman–Crippen MR) is 132 cm³/mol. The fourth-order valence-corrected chi connectivity index (χ4v) is 4.58. The van der Waals surface area contributed by atoms with Gasteiger partial charge in [0.2, 0.25) is 0 Å². The van der Waals surface area contributed by atoms with E-state index in [-0.39, 0.29) is 38.7 Å². The van der Waals surface area contributed by atoms with E-state index in [2.05, 4.69) is 10.4 Å². The van der Waals surface area contributed by atoms with Crippen LogP contribution in [0.15, 0.2) is 52.6 Å². The van der Waals surface area contributed by atoms with Crippen LogP contribution in [0, 0.1) is 5.82 Å². The number of halogens is 2. The number of hydrogen-bond acceptors (Lipinski definition) is 7. The summed E-state index contributed by atoms with van der Waals surface area (Å²) >= 11 is 7.01. The van der Waals surface area contributed by atoms with Crippen molar-refractivity contribution in [3.8, 4) is 11.4 Å². The molecule has 1 N–H and O–H groups in total. The molecule has 0 aliphatic carbocycles. The van der Waals surface area contributed by atoms with Gasteiger partial charge in [0.05, 0.1) is 34.9 Å². The van der Waals surface area contributed by atoms with Crippen molar-refractivity contribution in [3.05, 3.63) is 80.3 Å². The number of esters is 1. The molecular weight excluding hydrogens is 497 g/mol. The number of aromatic nitrogens is 2. The van der Waals surface area contributed by atoms with Crippen molar-refractivity contribution in [3.63, 3.8) is 0 Å². The summed E-state index contributed by atoms with van der Waals surface area (Å²) in [5, 5.41) is 8.57. The van der Waals surface area contributed by atoms with Crippen molar-refractivity contribution in [2.45, 2.75) is 13.8 Å². The van der Waals surface area contributed by atoms with Crippen molar-refractivity contribution < 1.29 is 23.5 Å². The smallest absolute Gasteiger partial charge is 0.359 e. The summed E-state index contributed by atoms with van der Waals surface area (Å²) in [6.45, 7) is 4.07. The van der Waals surface area contributed by atoms with Gasteiger partial charge in [-0.05, 0) is 50.2 Å². The minimum Gasteiger partial charge on any atom is -0.494 e. The van der Waals surface area contributed by atoms with Crippen LogP contribution in [0.3, 0.4) is 0 Å². The first kappa shape index (κ1) is 24.4. The normalized spacial score (nSPS) is 10.9. The van der Waals surface area contributed by atoms with E-state index in [1.165, 1.54) is 17.5 Å². The lowest BCUT2D eigenvalue weighted by molar-refractivity contribution is 0.0520. The van der Waals surface area contributed by atoms with Gasteiger partial charge in [-0.25, -0.2) is 9.18 Å². The van der Waals surface area contributed by atoms with Gasteiger partial charge in [-0.2, -0.15) is 9.78 Å². The second kappa shape index (κ2) is 10.2. The summed E-state index contributed by atoms with van der Waals surface area (Å²) in [6.07, 6.45) is 0. The standard InChI is InChI=1S/C24H19ClFN3O5S/c1-3-33-14-10-8-13(9-11-14)29-23(31)18-15(20(28-29)24(32)34-4-2)12-35-22(18)27-21(30)19-16(25)6-5-7-17(19)26/h5-12H,3-4H2,1-2H3,(H,27,30). The van der Waals surface area contributed by atoms with E-state index in [1.54, 1.807) is 31.2 Å². The first-order valence-electron chi connectivity index (χ1n) is 10.6. The Bertz CT molecular complexity index is 1460. The lowest BCUT2D eigenvalue weighted by Gasteiger charge is -2.11. The number of anilines is 1. The Kier molecular flexibility index (Phi) is 7.13. The monoisotopic (exact) mass is 515 g/mol. The Hall–Kier alpha value is -3.76. The number of amides is 1. The minimum atomic E-state index is -0.835. The highest BCUT2D eigenvalue weighted by Crippen LogP contribution is 2.32. The third-order valence-corrected chi connectivity index (χ3v) is 6.14. The molecule has 0 saturated heterocycles. The summed E-state index contributed by atoms with van der Waals surface area (Å²) in [4.78, 5) is 39.0. The SMILES string of the molecule is CCOC(=O)c1nn(-c2ccc(OCC)cc2)c(=O)c2c(NC(=O)c3c(F)cccc3Cl)scc12. The van der Waals surface area contributed by atoms with Crippen LogP contribution >= 0.6 is 22.9 Å². The van der Waals surface area contributed by atoms with Crippen molar-refractivity contribution in [1.82, 2.24) is 9.78 Å². The number of hydrogen-bond donors (Lipinski definition) is 1. The van der Waals surface area contributed by atoms with E-state index in [4.69, 9.17) is 21.1 Å². The first-order valence-corrected chi connectivity index (χ1v) is 11.8. The van der Waals surface area contributed by atoms with E-state index in [0.717, 1.165) is 22.1 Å². The van der Waals surface area contributed by atoms with Crippen LogP contribution in [0.25, 0.3) is 16.5 Å². The van der Waals surface area contributed by atoms with Crippen LogP contribution in [0.5, 0.6) is 5.75 Å². The maximum absolute atomic E-state index is 14.3. The van der Waals surface area contributed by atoms with E-state index in [0.29, 0.717) is 18.0 Å². The van der Waals surface area contributed by atoms with Crippen LogP contribution in [-0.4, -0.2) is 34.9 Å². The molecule has 0 spiro atoms. The average Bonchev–Trinajstić information content (AvgIpc) is 3.24. The molecule has 2 aromatic carbocycles. The fraction of sp³-hybridized carbons (Fsp3) is 0.167. The molecule has 0 aliphatic rings. The maximum Gasteiger partial charge on any atom is 0.359 e. The fourth-order valence-electron chi connectivity index (χ4n) is 3.40. The molecule has 0 radical (unpaired) electrons. The summed E-state index contributed by atoms with van der Waals surface area (Å²) in [6, 6.07) is 10.4. The molecule has 11 heteroatoms. The van der Waals surface area contributed by atoms with Crippen LogP contribution in [0.1, 0.15) is 34.7 Å². The Morgan fingerprint density at radius 3 is 2.54 bits per heavy atom. The second-order valence-electron chi connectivity index (χ2n) is 7.12. The molecule has 0 saturated carbocycles. The van der Waals surface area contributed by atoms with Crippen molar-refractivity contribution in [2.75, 3.05) is 18.5 Å². The van der Waals surface area contributed by atoms with E-state index < -0.39 is 23.3 Å². The highest BCUT2D eigenvalue weighted by molar-refractivity contribution is 7.16. The van der Waals surface area contributed by atoms with Gasteiger partial charge in [0.1, 0.15) is 16.6 Å². The molecule has 2 heterocycles. The minimum absolute atomic E-state index is 0.0303. The Morgan fingerprint density at radius 2 is 1.89 bits per heavy atom. The Morgan fingerprint density at radius 1 is 1.14 bits per heavy atom. The van der Waals surface area contributed by atoms with Crippen molar-refractivity contribution >= 4 is 50.6 Å². The molecule has 180 valence electrons. The van der Waals surface area contributed by atoms with Gasteiger partial charge in [-0.15, -0.1) is 11.3 Å². The quantitative estimate of drug-likeness (QED) is 0.345. The lowest BCUT2D eigenvalue weighted by Crippen LogP contribution is -2.25. The number of rotatable bonds is 7. The molecule has 0 bridgehead atoms. The molecule has 4 aromatic rings. The number of thiophene rings is 1.